The molecule has 4 nitrogen and oxygen atoms in total. The molecule has 0 aromatic rings. The minimum Gasteiger partial charge on any atom is -0.469 e. The van der Waals surface area contributed by atoms with Crippen molar-refractivity contribution in [1.82, 2.24) is 0 Å². The molecule has 4 heteroatoms. The second kappa shape index (κ2) is 3.22. The molecule has 2 saturated carbocycles. The summed E-state index contributed by atoms with van der Waals surface area (Å²) in [6.45, 7) is 2.10. The SMILES string of the molecule is CCC1C2CC3C1OC(=O)C3C2C(=O)OC. The number of hydrogen-bond acceptors (Lipinski definition) is 4. The maximum atomic E-state index is 11.8. The van der Waals surface area contributed by atoms with Gasteiger partial charge in [-0.05, 0) is 24.7 Å². The molecule has 0 aromatic carbocycles. The van der Waals surface area contributed by atoms with Crippen molar-refractivity contribution in [2.75, 3.05) is 7.11 Å². The largest absolute Gasteiger partial charge is 0.469 e. The van der Waals surface area contributed by atoms with E-state index in [0.29, 0.717) is 11.8 Å². The van der Waals surface area contributed by atoms with Crippen LogP contribution in [0.25, 0.3) is 0 Å². The lowest BCUT2D eigenvalue weighted by atomic mass is 9.73. The van der Waals surface area contributed by atoms with Crippen molar-refractivity contribution >= 4 is 11.9 Å². The molecule has 2 bridgehead atoms. The number of carbonyl (C=O) groups excluding carboxylic acids is 2. The molecule has 0 amide bonds. The molecule has 3 rings (SSSR count). The molecule has 6 unspecified atom stereocenters. The Morgan fingerprint density at radius 2 is 2.25 bits per heavy atom. The van der Waals surface area contributed by atoms with Crippen LogP contribution < -0.4 is 0 Å². The first-order valence-corrected chi connectivity index (χ1v) is 5.97. The molecule has 3 fully saturated rings. The fourth-order valence-corrected chi connectivity index (χ4v) is 4.18. The van der Waals surface area contributed by atoms with Crippen molar-refractivity contribution in [3.05, 3.63) is 0 Å². The van der Waals surface area contributed by atoms with Crippen LogP contribution in [0.15, 0.2) is 0 Å². The molecule has 0 radical (unpaired) electrons. The van der Waals surface area contributed by atoms with Crippen LogP contribution in [-0.2, 0) is 19.1 Å². The van der Waals surface area contributed by atoms with E-state index in [2.05, 4.69) is 6.92 Å². The summed E-state index contributed by atoms with van der Waals surface area (Å²) >= 11 is 0. The minimum atomic E-state index is -0.244. The monoisotopic (exact) mass is 224 g/mol. The van der Waals surface area contributed by atoms with Gasteiger partial charge in [-0.15, -0.1) is 0 Å². The highest BCUT2D eigenvalue weighted by atomic mass is 16.6. The lowest BCUT2D eigenvalue weighted by molar-refractivity contribution is -0.153. The maximum Gasteiger partial charge on any atom is 0.310 e. The van der Waals surface area contributed by atoms with Crippen molar-refractivity contribution in [2.24, 2.45) is 29.6 Å². The molecule has 0 spiro atoms. The van der Waals surface area contributed by atoms with Gasteiger partial charge in [0.25, 0.3) is 0 Å². The number of methoxy groups -OCH3 is 1. The Bertz CT molecular complexity index is 351. The Morgan fingerprint density at radius 3 is 2.88 bits per heavy atom. The maximum absolute atomic E-state index is 11.8. The molecule has 3 aliphatic rings. The van der Waals surface area contributed by atoms with Gasteiger partial charge in [0, 0.05) is 5.92 Å². The van der Waals surface area contributed by atoms with Gasteiger partial charge in [-0.3, -0.25) is 9.59 Å². The molecule has 1 aliphatic heterocycles. The van der Waals surface area contributed by atoms with E-state index in [1.54, 1.807) is 0 Å². The zero-order chi connectivity index (χ0) is 11.4. The Labute approximate surface area is 94.3 Å². The van der Waals surface area contributed by atoms with Gasteiger partial charge in [0.15, 0.2) is 0 Å². The lowest BCUT2D eigenvalue weighted by Crippen LogP contribution is -2.37. The molecular weight excluding hydrogens is 208 g/mol. The smallest absolute Gasteiger partial charge is 0.310 e. The van der Waals surface area contributed by atoms with E-state index in [1.165, 1.54) is 7.11 Å². The van der Waals surface area contributed by atoms with Gasteiger partial charge < -0.3 is 9.47 Å². The van der Waals surface area contributed by atoms with E-state index < -0.39 is 0 Å². The van der Waals surface area contributed by atoms with Gasteiger partial charge in [0.2, 0.25) is 0 Å². The van der Waals surface area contributed by atoms with Crippen molar-refractivity contribution in [1.29, 1.82) is 0 Å². The predicted octanol–water partition coefficient (Wildman–Crippen LogP) is 0.993. The molecular formula is C12H16O4. The Morgan fingerprint density at radius 1 is 1.50 bits per heavy atom. The number of fused-ring (bicyclic) bond motifs is 1. The van der Waals surface area contributed by atoms with Crippen LogP contribution in [0.5, 0.6) is 0 Å². The third kappa shape index (κ3) is 1.00. The van der Waals surface area contributed by atoms with Gasteiger partial charge in [0.1, 0.15) is 6.10 Å². The molecule has 16 heavy (non-hydrogen) atoms. The topological polar surface area (TPSA) is 52.6 Å². The Hall–Kier alpha value is -1.06. The fraction of sp³-hybridized carbons (Fsp3) is 0.833. The summed E-state index contributed by atoms with van der Waals surface area (Å²) in [5, 5.41) is 0. The first-order valence-electron chi connectivity index (χ1n) is 5.97. The summed E-state index contributed by atoms with van der Waals surface area (Å²) in [6.07, 6.45) is 2.01. The third-order valence-corrected chi connectivity index (χ3v) is 4.72. The summed E-state index contributed by atoms with van der Waals surface area (Å²) in [4.78, 5) is 23.5. The van der Waals surface area contributed by atoms with Crippen molar-refractivity contribution in [3.63, 3.8) is 0 Å². The van der Waals surface area contributed by atoms with Gasteiger partial charge in [0.05, 0.1) is 18.9 Å². The average Bonchev–Trinajstić information content (AvgIpc) is 2.87. The van der Waals surface area contributed by atoms with Crippen LogP contribution in [0.4, 0.5) is 0 Å². The van der Waals surface area contributed by atoms with E-state index in [4.69, 9.17) is 9.47 Å². The fourth-order valence-electron chi connectivity index (χ4n) is 4.18. The molecule has 0 aromatic heterocycles. The van der Waals surface area contributed by atoms with E-state index >= 15 is 0 Å². The van der Waals surface area contributed by atoms with Crippen molar-refractivity contribution in [2.45, 2.75) is 25.9 Å². The van der Waals surface area contributed by atoms with Crippen LogP contribution in [-0.4, -0.2) is 25.2 Å². The zero-order valence-corrected chi connectivity index (χ0v) is 9.51. The average molecular weight is 224 g/mol. The van der Waals surface area contributed by atoms with E-state index in [-0.39, 0.29) is 35.8 Å². The van der Waals surface area contributed by atoms with Crippen LogP contribution in [0, 0.1) is 29.6 Å². The highest BCUT2D eigenvalue weighted by Crippen LogP contribution is 2.61. The van der Waals surface area contributed by atoms with E-state index in [0.717, 1.165) is 12.8 Å². The number of esters is 2. The molecule has 6 atom stereocenters. The number of hydrogen-bond donors (Lipinski definition) is 0. The molecule has 2 aliphatic carbocycles. The quantitative estimate of drug-likeness (QED) is 0.656. The first-order chi connectivity index (χ1) is 7.69. The third-order valence-electron chi connectivity index (χ3n) is 4.72. The Balaban J connectivity index is 1.97. The molecule has 0 N–H and O–H groups in total. The highest BCUT2D eigenvalue weighted by Gasteiger charge is 2.67. The van der Waals surface area contributed by atoms with Gasteiger partial charge >= 0.3 is 11.9 Å². The first kappa shape index (κ1) is 10.1. The summed E-state index contributed by atoms with van der Waals surface area (Å²) in [6, 6.07) is 0. The number of carbonyl (C=O) groups is 2. The number of ether oxygens (including phenoxy) is 2. The molecule has 88 valence electrons. The summed E-state index contributed by atoms with van der Waals surface area (Å²) < 4.78 is 10.3. The standard InChI is InChI=1S/C12H16O4/c1-3-5-6-4-7-9(8(6)11(13)15-2)12(14)16-10(5)7/h5-10H,3-4H2,1-2H3. The second-order valence-corrected chi connectivity index (χ2v) is 5.11. The van der Waals surface area contributed by atoms with E-state index in [9.17, 15) is 9.59 Å². The summed E-state index contributed by atoms with van der Waals surface area (Å²) in [5.41, 5.74) is 0. The Kier molecular flexibility index (Phi) is 2.03. The van der Waals surface area contributed by atoms with Crippen LogP contribution >= 0.6 is 0 Å². The summed E-state index contributed by atoms with van der Waals surface area (Å²) in [5.74, 6) is 0.0563. The second-order valence-electron chi connectivity index (χ2n) is 5.11. The van der Waals surface area contributed by atoms with E-state index in [1.807, 2.05) is 0 Å². The van der Waals surface area contributed by atoms with Crippen LogP contribution in [0.1, 0.15) is 19.8 Å². The van der Waals surface area contributed by atoms with Crippen LogP contribution in [0.3, 0.4) is 0 Å². The highest BCUT2D eigenvalue weighted by molar-refractivity contribution is 5.85. The predicted molar refractivity (Wildman–Crippen MR) is 54.3 cm³/mol. The van der Waals surface area contributed by atoms with Crippen LogP contribution in [0.2, 0.25) is 0 Å². The van der Waals surface area contributed by atoms with Gasteiger partial charge in [-0.25, -0.2) is 0 Å². The normalized spacial score (nSPS) is 48.2. The van der Waals surface area contributed by atoms with Gasteiger partial charge in [-0.1, -0.05) is 6.92 Å². The summed E-state index contributed by atoms with van der Waals surface area (Å²) in [7, 11) is 1.40. The molecule has 1 heterocycles. The van der Waals surface area contributed by atoms with Crippen molar-refractivity contribution < 1.29 is 19.1 Å². The van der Waals surface area contributed by atoms with Gasteiger partial charge in [-0.2, -0.15) is 0 Å². The molecule has 1 saturated heterocycles. The van der Waals surface area contributed by atoms with Crippen molar-refractivity contribution in [3.8, 4) is 0 Å². The lowest BCUT2D eigenvalue weighted by Gasteiger charge is -2.29. The zero-order valence-electron chi connectivity index (χ0n) is 9.51. The minimum absolute atomic E-state index is 0.0772. The number of rotatable bonds is 2.